The van der Waals surface area contributed by atoms with E-state index < -0.39 is 47.7 Å². The van der Waals surface area contributed by atoms with E-state index in [1.54, 1.807) is 13.8 Å². The van der Waals surface area contributed by atoms with Crippen molar-refractivity contribution in [3.63, 3.8) is 0 Å². The largest absolute Gasteiger partial charge is 0.471 e. The van der Waals surface area contributed by atoms with Gasteiger partial charge in [-0.2, -0.15) is 23.4 Å². The van der Waals surface area contributed by atoms with Crippen molar-refractivity contribution >= 4 is 11.8 Å². The van der Waals surface area contributed by atoms with Gasteiger partial charge < -0.3 is 20.1 Å². The van der Waals surface area contributed by atoms with Crippen LogP contribution in [0.1, 0.15) is 50.7 Å². The first-order valence-electron chi connectivity index (χ1n) is 9.68. The molecule has 9 nitrogen and oxygen atoms in total. The molecule has 2 fully saturated rings. The molecule has 1 saturated heterocycles. The topological polar surface area (TPSA) is 124 Å². The average Bonchev–Trinajstić information content (AvgIpc) is 3.07. The van der Waals surface area contributed by atoms with Gasteiger partial charge in [0.2, 0.25) is 11.8 Å². The summed E-state index contributed by atoms with van der Waals surface area (Å²) in [5, 5.41) is 18.0. The quantitative estimate of drug-likeness (QED) is 0.605. The molecule has 2 heterocycles. The zero-order valence-corrected chi connectivity index (χ0v) is 16.9. The molecular formula is C18H22F4N6O3. The number of carbonyl (C=O) groups is 2. The van der Waals surface area contributed by atoms with Crippen molar-refractivity contribution in [3.8, 4) is 6.07 Å². The Kier molecular flexibility index (Phi) is 6.22. The fourth-order valence-corrected chi connectivity index (χ4v) is 3.46. The van der Waals surface area contributed by atoms with Crippen molar-refractivity contribution in [2.45, 2.75) is 69.0 Å². The van der Waals surface area contributed by atoms with E-state index in [-0.39, 0.29) is 37.7 Å². The molecule has 1 saturated carbocycles. The molecule has 31 heavy (non-hydrogen) atoms. The van der Waals surface area contributed by atoms with Crippen molar-refractivity contribution in [1.82, 2.24) is 25.7 Å². The molecule has 4 atom stereocenters. The Morgan fingerprint density at radius 1 is 1.32 bits per heavy atom. The number of aromatic nitrogens is 2. The third kappa shape index (κ3) is 5.69. The average molecular weight is 446 g/mol. The molecule has 2 aliphatic rings. The zero-order chi connectivity index (χ0) is 23.0. The lowest BCUT2D eigenvalue weighted by atomic mass is 10.00. The molecule has 4 unspecified atom stereocenters. The number of nitriles is 1. The molecule has 0 radical (unpaired) electrons. The Morgan fingerprint density at radius 2 is 2.03 bits per heavy atom. The van der Waals surface area contributed by atoms with Crippen LogP contribution in [0.2, 0.25) is 0 Å². The Labute approximate surface area is 175 Å². The molecule has 1 aliphatic carbocycles. The standard InChI is InChI=1S/C18H22F4N6O3/c1-17(2,24-7-14(30)28-8-9(19)3-10(28)6-23)5-13(29)25-12-4-11(12)15-26-16(31-27-15)18(20,21)22/h9-12,24H,3-5,7-8H2,1-2H3,(H,25,29). The van der Waals surface area contributed by atoms with Crippen LogP contribution in [0.5, 0.6) is 0 Å². The van der Waals surface area contributed by atoms with Crippen LogP contribution in [0.3, 0.4) is 0 Å². The van der Waals surface area contributed by atoms with Crippen LogP contribution in [-0.4, -0.2) is 63.7 Å². The van der Waals surface area contributed by atoms with Crippen molar-refractivity contribution in [2.75, 3.05) is 13.1 Å². The molecule has 2 amide bonds. The van der Waals surface area contributed by atoms with E-state index >= 15 is 0 Å². The summed E-state index contributed by atoms with van der Waals surface area (Å²) in [5.41, 5.74) is -0.795. The molecule has 1 aliphatic heterocycles. The smallest absolute Gasteiger partial charge is 0.353 e. The van der Waals surface area contributed by atoms with Gasteiger partial charge in [0, 0.05) is 30.3 Å². The highest BCUT2D eigenvalue weighted by Gasteiger charge is 2.46. The highest BCUT2D eigenvalue weighted by molar-refractivity contribution is 5.80. The molecule has 1 aromatic heterocycles. The van der Waals surface area contributed by atoms with Crippen LogP contribution in [-0.2, 0) is 15.8 Å². The van der Waals surface area contributed by atoms with Crippen molar-refractivity contribution in [3.05, 3.63) is 11.7 Å². The number of alkyl halides is 4. The number of nitrogens with one attached hydrogen (secondary N) is 2. The van der Waals surface area contributed by atoms with Crippen LogP contribution in [0.25, 0.3) is 0 Å². The van der Waals surface area contributed by atoms with Gasteiger partial charge in [-0.05, 0) is 20.3 Å². The number of likely N-dealkylation sites (tertiary alicyclic amines) is 1. The van der Waals surface area contributed by atoms with Crippen LogP contribution in [0, 0.1) is 11.3 Å². The van der Waals surface area contributed by atoms with E-state index in [0.29, 0.717) is 6.42 Å². The van der Waals surface area contributed by atoms with Gasteiger partial charge in [-0.15, -0.1) is 0 Å². The second-order valence-corrected chi connectivity index (χ2v) is 8.41. The van der Waals surface area contributed by atoms with Crippen molar-refractivity contribution < 1.29 is 31.7 Å². The minimum absolute atomic E-state index is 0.0125. The Bertz CT molecular complexity index is 880. The first-order valence-corrected chi connectivity index (χ1v) is 9.68. The molecule has 13 heteroatoms. The molecule has 1 aromatic rings. The Balaban J connectivity index is 1.44. The van der Waals surface area contributed by atoms with E-state index in [1.807, 2.05) is 6.07 Å². The van der Waals surface area contributed by atoms with Gasteiger partial charge >= 0.3 is 12.1 Å². The van der Waals surface area contributed by atoms with Crippen molar-refractivity contribution in [2.24, 2.45) is 0 Å². The summed E-state index contributed by atoms with van der Waals surface area (Å²) in [6, 6.07) is 0.707. The lowest BCUT2D eigenvalue weighted by molar-refractivity contribution is -0.159. The highest BCUT2D eigenvalue weighted by Crippen LogP contribution is 2.40. The maximum absolute atomic E-state index is 13.5. The third-order valence-electron chi connectivity index (χ3n) is 5.19. The monoisotopic (exact) mass is 446 g/mol. The SMILES string of the molecule is CC(C)(CC(=O)NC1CC1c1noc(C(F)(F)F)n1)NCC(=O)N1CC(F)CC1C#N. The minimum Gasteiger partial charge on any atom is -0.353 e. The van der Waals surface area contributed by atoms with E-state index in [2.05, 4.69) is 25.3 Å². The molecule has 0 bridgehead atoms. The number of hydrogen-bond donors (Lipinski definition) is 2. The molecule has 0 spiro atoms. The number of nitrogens with zero attached hydrogens (tertiary/aromatic N) is 4. The maximum atomic E-state index is 13.5. The summed E-state index contributed by atoms with van der Waals surface area (Å²) >= 11 is 0. The highest BCUT2D eigenvalue weighted by atomic mass is 19.4. The molecule has 3 rings (SSSR count). The van der Waals surface area contributed by atoms with Gasteiger partial charge in [0.25, 0.3) is 0 Å². The van der Waals surface area contributed by atoms with E-state index in [0.717, 1.165) is 0 Å². The normalized spacial score (nSPS) is 25.9. The maximum Gasteiger partial charge on any atom is 0.471 e. The number of hydrogen-bond acceptors (Lipinski definition) is 7. The van der Waals surface area contributed by atoms with Gasteiger partial charge in [0.05, 0.1) is 19.2 Å². The van der Waals surface area contributed by atoms with Crippen LogP contribution in [0.4, 0.5) is 17.6 Å². The van der Waals surface area contributed by atoms with Gasteiger partial charge in [0.15, 0.2) is 5.82 Å². The number of amides is 2. The summed E-state index contributed by atoms with van der Waals surface area (Å²) in [6.07, 6.45) is -5.59. The fourth-order valence-electron chi connectivity index (χ4n) is 3.46. The van der Waals surface area contributed by atoms with Gasteiger partial charge in [-0.3, -0.25) is 9.59 Å². The lowest BCUT2D eigenvalue weighted by Gasteiger charge is -2.27. The molecular weight excluding hydrogens is 424 g/mol. The molecule has 170 valence electrons. The number of carbonyl (C=O) groups excluding carboxylic acids is 2. The van der Waals surface area contributed by atoms with Crippen molar-refractivity contribution in [1.29, 1.82) is 5.26 Å². The van der Waals surface area contributed by atoms with Gasteiger partial charge in [-0.25, -0.2) is 4.39 Å². The third-order valence-corrected chi connectivity index (χ3v) is 5.19. The zero-order valence-electron chi connectivity index (χ0n) is 16.9. The molecule has 2 N–H and O–H groups in total. The number of halogens is 4. The summed E-state index contributed by atoms with van der Waals surface area (Å²) in [5.74, 6) is -2.78. The summed E-state index contributed by atoms with van der Waals surface area (Å²) < 4.78 is 55.3. The second-order valence-electron chi connectivity index (χ2n) is 8.41. The summed E-state index contributed by atoms with van der Waals surface area (Å²) in [4.78, 5) is 29.1. The fraction of sp³-hybridized carbons (Fsp3) is 0.722. The van der Waals surface area contributed by atoms with Gasteiger partial charge in [-0.1, -0.05) is 5.16 Å². The van der Waals surface area contributed by atoms with E-state index in [1.165, 1.54) is 4.90 Å². The Hall–Kier alpha value is -2.75. The number of rotatable bonds is 7. The predicted octanol–water partition coefficient (Wildman–Crippen LogP) is 1.28. The van der Waals surface area contributed by atoms with Gasteiger partial charge in [0.1, 0.15) is 12.2 Å². The lowest BCUT2D eigenvalue weighted by Crippen LogP contribution is -2.49. The second kappa shape index (κ2) is 8.41. The first kappa shape index (κ1) is 22.9. The minimum atomic E-state index is -4.72. The van der Waals surface area contributed by atoms with E-state index in [9.17, 15) is 27.2 Å². The van der Waals surface area contributed by atoms with Crippen LogP contribution >= 0.6 is 0 Å². The summed E-state index contributed by atoms with van der Waals surface area (Å²) in [7, 11) is 0. The van der Waals surface area contributed by atoms with Crippen LogP contribution < -0.4 is 10.6 Å². The summed E-state index contributed by atoms with van der Waals surface area (Å²) in [6.45, 7) is 3.10. The Morgan fingerprint density at radius 3 is 2.65 bits per heavy atom. The van der Waals surface area contributed by atoms with E-state index in [4.69, 9.17) is 5.26 Å². The first-order chi connectivity index (χ1) is 14.4. The molecule has 0 aromatic carbocycles. The predicted molar refractivity (Wildman–Crippen MR) is 95.9 cm³/mol. The van der Waals surface area contributed by atoms with Crippen LogP contribution in [0.15, 0.2) is 4.52 Å².